The van der Waals surface area contributed by atoms with Crippen molar-refractivity contribution in [2.75, 3.05) is 19.6 Å². The number of nitrogens with zero attached hydrogens (tertiary/aromatic N) is 5. The summed E-state index contributed by atoms with van der Waals surface area (Å²) < 4.78 is 2.00. The molecule has 4 heterocycles. The van der Waals surface area contributed by atoms with Crippen molar-refractivity contribution in [2.45, 2.75) is 13.0 Å². The highest BCUT2D eigenvalue weighted by Gasteiger charge is 2.28. The molecule has 6 heteroatoms. The van der Waals surface area contributed by atoms with Crippen LogP contribution in [0.25, 0.3) is 22.3 Å². The fourth-order valence-electron chi connectivity index (χ4n) is 2.93. The van der Waals surface area contributed by atoms with Crippen LogP contribution in [0.3, 0.4) is 0 Å². The SMILES string of the molecule is Cc1ccnc2[nH]c(-c3cnn(C4CN(CC#N)C4)c3)cc12. The normalized spacial score (nSPS) is 15.8. The van der Waals surface area contributed by atoms with Gasteiger partial charge in [0.15, 0.2) is 0 Å². The zero-order valence-electron chi connectivity index (χ0n) is 12.3. The molecule has 0 amide bonds. The minimum absolute atomic E-state index is 0.367. The van der Waals surface area contributed by atoms with E-state index in [1.807, 2.05) is 23.1 Å². The molecule has 3 aromatic rings. The Morgan fingerprint density at radius 3 is 3.09 bits per heavy atom. The van der Waals surface area contributed by atoms with Crippen LogP contribution in [0.4, 0.5) is 0 Å². The lowest BCUT2D eigenvalue weighted by Gasteiger charge is -2.37. The van der Waals surface area contributed by atoms with Crippen LogP contribution in [0.5, 0.6) is 0 Å². The van der Waals surface area contributed by atoms with Crippen LogP contribution in [0.2, 0.25) is 0 Å². The number of hydrogen-bond acceptors (Lipinski definition) is 4. The van der Waals surface area contributed by atoms with Crippen LogP contribution in [0.15, 0.2) is 30.7 Å². The Hall–Kier alpha value is -2.65. The number of fused-ring (bicyclic) bond motifs is 1. The zero-order chi connectivity index (χ0) is 15.1. The summed E-state index contributed by atoms with van der Waals surface area (Å²) in [4.78, 5) is 9.83. The molecule has 4 rings (SSSR count). The first-order chi connectivity index (χ1) is 10.7. The number of hydrogen-bond donors (Lipinski definition) is 1. The van der Waals surface area contributed by atoms with E-state index in [0.717, 1.165) is 35.4 Å². The molecule has 0 spiro atoms. The quantitative estimate of drug-likeness (QED) is 0.750. The van der Waals surface area contributed by atoms with Crippen molar-refractivity contribution in [2.24, 2.45) is 0 Å². The highest BCUT2D eigenvalue weighted by atomic mass is 15.4. The van der Waals surface area contributed by atoms with Gasteiger partial charge in [-0.1, -0.05) is 0 Å². The average Bonchev–Trinajstić information content (AvgIpc) is 3.09. The molecule has 0 unspecified atom stereocenters. The second-order valence-corrected chi connectivity index (χ2v) is 5.79. The van der Waals surface area contributed by atoms with Crippen LogP contribution < -0.4 is 0 Å². The van der Waals surface area contributed by atoms with Gasteiger partial charge in [-0.2, -0.15) is 10.4 Å². The van der Waals surface area contributed by atoms with Gasteiger partial charge in [-0.25, -0.2) is 4.98 Å². The molecule has 0 atom stereocenters. The molecular weight excluding hydrogens is 276 g/mol. The third-order valence-corrected chi connectivity index (χ3v) is 4.27. The van der Waals surface area contributed by atoms with Crippen molar-refractivity contribution < 1.29 is 0 Å². The predicted molar refractivity (Wildman–Crippen MR) is 83.1 cm³/mol. The fraction of sp³-hybridized carbons (Fsp3) is 0.312. The molecular formula is C16H16N6. The van der Waals surface area contributed by atoms with Crippen molar-refractivity contribution in [1.29, 1.82) is 5.26 Å². The molecule has 3 aromatic heterocycles. The highest BCUT2D eigenvalue weighted by molar-refractivity contribution is 5.85. The Kier molecular flexibility index (Phi) is 2.94. The molecule has 1 aliphatic rings. The van der Waals surface area contributed by atoms with Gasteiger partial charge in [-0.15, -0.1) is 0 Å². The summed E-state index contributed by atoms with van der Waals surface area (Å²) in [6.45, 7) is 4.37. The fourth-order valence-corrected chi connectivity index (χ4v) is 2.93. The Labute approximate surface area is 128 Å². The maximum absolute atomic E-state index is 8.68. The van der Waals surface area contributed by atoms with Gasteiger partial charge >= 0.3 is 0 Å². The summed E-state index contributed by atoms with van der Waals surface area (Å²) in [5.41, 5.74) is 4.23. The Balaban J connectivity index is 1.58. The van der Waals surface area contributed by atoms with Gasteiger partial charge in [0, 0.05) is 36.4 Å². The van der Waals surface area contributed by atoms with Crippen LogP contribution in [0.1, 0.15) is 11.6 Å². The number of nitrogens with one attached hydrogen (secondary N) is 1. The van der Waals surface area contributed by atoms with E-state index >= 15 is 0 Å². The van der Waals surface area contributed by atoms with E-state index in [1.54, 1.807) is 0 Å². The lowest BCUT2D eigenvalue weighted by atomic mass is 10.1. The van der Waals surface area contributed by atoms with Crippen LogP contribution in [-0.2, 0) is 0 Å². The van der Waals surface area contributed by atoms with Crippen LogP contribution in [0, 0.1) is 18.3 Å². The summed E-state index contributed by atoms with van der Waals surface area (Å²) in [6, 6.07) is 6.69. The van der Waals surface area contributed by atoms with Gasteiger partial charge in [0.1, 0.15) is 5.65 Å². The average molecular weight is 292 g/mol. The van der Waals surface area contributed by atoms with Gasteiger partial charge in [-0.05, 0) is 24.6 Å². The molecule has 1 saturated heterocycles. The molecule has 0 radical (unpaired) electrons. The second-order valence-electron chi connectivity index (χ2n) is 5.79. The smallest absolute Gasteiger partial charge is 0.137 e. The molecule has 0 aliphatic carbocycles. The minimum Gasteiger partial charge on any atom is -0.339 e. The number of aromatic nitrogens is 4. The van der Waals surface area contributed by atoms with Crippen molar-refractivity contribution in [1.82, 2.24) is 24.6 Å². The minimum atomic E-state index is 0.367. The van der Waals surface area contributed by atoms with E-state index in [9.17, 15) is 0 Å². The largest absolute Gasteiger partial charge is 0.339 e. The van der Waals surface area contributed by atoms with E-state index < -0.39 is 0 Å². The van der Waals surface area contributed by atoms with Crippen LogP contribution in [-0.4, -0.2) is 44.3 Å². The molecule has 0 bridgehead atoms. The predicted octanol–water partition coefficient (Wildman–Crippen LogP) is 2.12. The maximum atomic E-state index is 8.68. The Bertz CT molecular complexity index is 862. The van der Waals surface area contributed by atoms with Gasteiger partial charge in [0.25, 0.3) is 0 Å². The highest BCUT2D eigenvalue weighted by Crippen LogP contribution is 2.27. The standard InChI is InChI=1S/C16H16N6/c1-11-2-4-18-16-14(11)6-15(20-16)12-7-19-22(8-12)13-9-21(10-13)5-3-17/h2,4,6-8,13H,5,9-10H2,1H3,(H,18,20). The third-order valence-electron chi connectivity index (χ3n) is 4.27. The molecule has 6 nitrogen and oxygen atoms in total. The summed E-state index contributed by atoms with van der Waals surface area (Å²) >= 11 is 0. The summed E-state index contributed by atoms with van der Waals surface area (Å²) in [5, 5.41) is 14.3. The van der Waals surface area contributed by atoms with Crippen molar-refractivity contribution in [3.63, 3.8) is 0 Å². The number of pyridine rings is 1. The maximum Gasteiger partial charge on any atom is 0.137 e. The second kappa shape index (κ2) is 4.97. The number of nitriles is 1. The van der Waals surface area contributed by atoms with E-state index in [4.69, 9.17) is 5.26 Å². The first kappa shape index (κ1) is 13.0. The van der Waals surface area contributed by atoms with Gasteiger partial charge in [0.2, 0.25) is 0 Å². The lowest BCUT2D eigenvalue weighted by molar-refractivity contribution is 0.115. The Morgan fingerprint density at radius 2 is 2.32 bits per heavy atom. The van der Waals surface area contributed by atoms with Crippen LogP contribution >= 0.6 is 0 Å². The molecule has 1 N–H and O–H groups in total. The number of likely N-dealkylation sites (tertiary alicyclic amines) is 1. The van der Waals surface area contributed by atoms with Crippen molar-refractivity contribution in [3.8, 4) is 17.3 Å². The molecule has 0 aromatic carbocycles. The van der Waals surface area contributed by atoms with E-state index in [0.29, 0.717) is 12.6 Å². The van der Waals surface area contributed by atoms with E-state index in [-0.39, 0.29) is 0 Å². The number of rotatable bonds is 3. The third kappa shape index (κ3) is 2.07. The first-order valence-corrected chi connectivity index (χ1v) is 7.33. The molecule has 1 fully saturated rings. The van der Waals surface area contributed by atoms with Crippen molar-refractivity contribution in [3.05, 3.63) is 36.3 Å². The first-order valence-electron chi connectivity index (χ1n) is 7.33. The van der Waals surface area contributed by atoms with Gasteiger partial charge in [-0.3, -0.25) is 9.58 Å². The lowest BCUT2D eigenvalue weighted by Crippen LogP contribution is -2.47. The number of aryl methyl sites for hydroxylation is 1. The van der Waals surface area contributed by atoms with E-state index in [2.05, 4.69) is 45.2 Å². The van der Waals surface area contributed by atoms with Gasteiger partial charge < -0.3 is 4.98 Å². The summed E-state index contributed by atoms with van der Waals surface area (Å²) in [6.07, 6.45) is 5.76. The number of H-pyrrole nitrogens is 1. The van der Waals surface area contributed by atoms with E-state index in [1.165, 1.54) is 5.56 Å². The molecule has 110 valence electrons. The van der Waals surface area contributed by atoms with Gasteiger partial charge in [0.05, 0.1) is 30.5 Å². The zero-order valence-corrected chi connectivity index (χ0v) is 12.3. The molecule has 22 heavy (non-hydrogen) atoms. The van der Waals surface area contributed by atoms with Crippen molar-refractivity contribution >= 4 is 11.0 Å². The topological polar surface area (TPSA) is 73.5 Å². The number of aromatic amines is 1. The Morgan fingerprint density at radius 1 is 1.45 bits per heavy atom. The molecule has 0 saturated carbocycles. The summed E-state index contributed by atoms with van der Waals surface area (Å²) in [5.74, 6) is 0. The molecule has 1 aliphatic heterocycles. The summed E-state index contributed by atoms with van der Waals surface area (Å²) in [7, 11) is 0. The monoisotopic (exact) mass is 292 g/mol.